The van der Waals surface area contributed by atoms with Crippen LogP contribution in [0.1, 0.15) is 83.3 Å². The van der Waals surface area contributed by atoms with Crippen molar-refractivity contribution in [3.8, 4) is 11.5 Å². The maximum Gasteiger partial charge on any atom is 0.136 e. The van der Waals surface area contributed by atoms with Crippen LogP contribution < -0.4 is 0 Å². The Kier molecular flexibility index (Phi) is 8.17. The van der Waals surface area contributed by atoms with Crippen molar-refractivity contribution in [2.45, 2.75) is 78.6 Å². The molecule has 2 N–H and O–H groups in total. The molecule has 25 heavy (non-hydrogen) atoms. The van der Waals surface area contributed by atoms with Crippen molar-refractivity contribution in [3.05, 3.63) is 18.3 Å². The normalized spacial score (nSPS) is 24.0. The zero-order valence-electron chi connectivity index (χ0n) is 15.9. The first-order valence-corrected chi connectivity index (χ1v) is 11.9. The van der Waals surface area contributed by atoms with E-state index in [4.69, 9.17) is 0 Å². The lowest BCUT2D eigenvalue weighted by Crippen LogP contribution is -2.26. The van der Waals surface area contributed by atoms with E-state index in [0.717, 1.165) is 37.5 Å². The van der Waals surface area contributed by atoms with Gasteiger partial charge in [0.1, 0.15) is 11.5 Å². The van der Waals surface area contributed by atoms with Crippen molar-refractivity contribution in [3.63, 3.8) is 0 Å². The number of phenolic OH excluding ortho intramolecular Hbond substituents is 2. The Balaban J connectivity index is 2.46. The number of phenols is 2. The minimum atomic E-state index is 0.260. The van der Waals surface area contributed by atoms with Gasteiger partial charge in [-0.15, -0.1) is 0 Å². The highest BCUT2D eigenvalue weighted by Crippen LogP contribution is 2.52. The van der Waals surface area contributed by atoms with Crippen LogP contribution in [0.25, 0.3) is 0 Å². The summed E-state index contributed by atoms with van der Waals surface area (Å²) < 4.78 is 1.90. The zero-order chi connectivity index (χ0) is 18.7. The van der Waals surface area contributed by atoms with Gasteiger partial charge in [-0.2, -0.15) is 0 Å². The molecule has 0 radical (unpaired) electrons. The molecule has 1 aliphatic carbocycles. The van der Waals surface area contributed by atoms with E-state index in [1.54, 1.807) is 0 Å². The van der Waals surface area contributed by atoms with Crippen molar-refractivity contribution < 1.29 is 10.2 Å². The number of benzene rings is 1. The molecule has 142 valence electrons. The minimum absolute atomic E-state index is 0.260. The van der Waals surface area contributed by atoms with Crippen molar-refractivity contribution >= 4 is 45.2 Å². The lowest BCUT2D eigenvalue weighted by Gasteiger charge is -2.38. The second-order valence-electron chi connectivity index (χ2n) is 8.11. The lowest BCUT2D eigenvalue weighted by atomic mass is 9.67. The van der Waals surface area contributed by atoms with Gasteiger partial charge in [-0.05, 0) is 100 Å². The summed E-state index contributed by atoms with van der Waals surface area (Å²) in [6.07, 6.45) is 7.91. The molecule has 0 saturated heterocycles. The fraction of sp³-hybridized carbons (Fsp3) is 0.714. The van der Waals surface area contributed by atoms with Crippen LogP contribution in [0, 0.1) is 24.9 Å². The van der Waals surface area contributed by atoms with Gasteiger partial charge in [0.15, 0.2) is 0 Å². The highest BCUT2D eigenvalue weighted by atomic mass is 127. The first kappa shape index (κ1) is 21.6. The Hall–Kier alpha value is 0.280. The van der Waals surface area contributed by atoms with Crippen molar-refractivity contribution in [1.82, 2.24) is 0 Å². The van der Waals surface area contributed by atoms with Crippen molar-refractivity contribution in [1.29, 1.82) is 0 Å². The standard InChI is InChI=1S/C21H32I2O2/c1-5-6-7-8-15-18(22)20(24)17(21(25)19(15)23)16-11-13(4)9-10-14(16)12(2)3/h12-14,16,24-25H,5-11H2,1-4H3/t13-,14-,16+/m0/s1. The molecule has 0 heterocycles. The summed E-state index contributed by atoms with van der Waals surface area (Å²) in [5.74, 6) is 2.69. The van der Waals surface area contributed by atoms with Gasteiger partial charge in [-0.1, -0.05) is 47.0 Å². The topological polar surface area (TPSA) is 40.5 Å². The predicted octanol–water partition coefficient (Wildman–Crippen LogP) is 7.22. The van der Waals surface area contributed by atoms with E-state index in [1.165, 1.54) is 25.7 Å². The van der Waals surface area contributed by atoms with Gasteiger partial charge in [0, 0.05) is 5.56 Å². The molecule has 1 saturated carbocycles. The molecule has 4 heteroatoms. The summed E-state index contributed by atoms with van der Waals surface area (Å²) in [4.78, 5) is 0. The van der Waals surface area contributed by atoms with E-state index in [2.05, 4.69) is 72.9 Å². The van der Waals surface area contributed by atoms with Crippen LogP contribution in [0.4, 0.5) is 0 Å². The number of halogens is 2. The Morgan fingerprint density at radius 1 is 1.04 bits per heavy atom. The maximum atomic E-state index is 11.0. The van der Waals surface area contributed by atoms with E-state index >= 15 is 0 Å². The maximum absolute atomic E-state index is 11.0. The molecule has 0 spiro atoms. The summed E-state index contributed by atoms with van der Waals surface area (Å²) >= 11 is 4.57. The van der Waals surface area contributed by atoms with Gasteiger partial charge < -0.3 is 10.2 Å². The second-order valence-corrected chi connectivity index (χ2v) is 10.3. The third-order valence-electron chi connectivity index (χ3n) is 5.88. The second kappa shape index (κ2) is 9.47. The number of unbranched alkanes of at least 4 members (excludes halogenated alkanes) is 2. The van der Waals surface area contributed by atoms with E-state index in [9.17, 15) is 10.2 Å². The molecule has 2 nitrogen and oxygen atoms in total. The largest absolute Gasteiger partial charge is 0.506 e. The summed E-state index contributed by atoms with van der Waals surface area (Å²) in [7, 11) is 0. The first-order valence-electron chi connectivity index (χ1n) is 9.71. The molecule has 1 aromatic carbocycles. The third-order valence-corrected chi connectivity index (χ3v) is 8.20. The summed E-state index contributed by atoms with van der Waals surface area (Å²) in [5.41, 5.74) is 1.94. The molecule has 0 aliphatic heterocycles. The van der Waals surface area contributed by atoms with E-state index in [-0.39, 0.29) is 5.92 Å². The van der Waals surface area contributed by atoms with Gasteiger partial charge >= 0.3 is 0 Å². The zero-order valence-corrected chi connectivity index (χ0v) is 20.2. The van der Waals surface area contributed by atoms with Gasteiger partial charge in [-0.25, -0.2) is 0 Å². The predicted molar refractivity (Wildman–Crippen MR) is 123 cm³/mol. The van der Waals surface area contributed by atoms with Crippen LogP contribution in [0.3, 0.4) is 0 Å². The van der Waals surface area contributed by atoms with E-state index in [0.29, 0.717) is 29.3 Å². The van der Waals surface area contributed by atoms with Crippen LogP contribution in [-0.4, -0.2) is 10.2 Å². The fourth-order valence-electron chi connectivity index (χ4n) is 4.39. The summed E-state index contributed by atoms with van der Waals surface area (Å²) in [6.45, 7) is 9.05. The minimum Gasteiger partial charge on any atom is -0.506 e. The number of rotatable bonds is 6. The average molecular weight is 570 g/mol. The van der Waals surface area contributed by atoms with Gasteiger partial charge in [-0.3, -0.25) is 0 Å². The van der Waals surface area contributed by atoms with Crippen LogP contribution in [0.2, 0.25) is 0 Å². The quantitative estimate of drug-likeness (QED) is 0.280. The van der Waals surface area contributed by atoms with Crippen LogP contribution >= 0.6 is 45.2 Å². The number of hydrogen-bond donors (Lipinski definition) is 2. The Morgan fingerprint density at radius 2 is 1.64 bits per heavy atom. The van der Waals surface area contributed by atoms with Crippen molar-refractivity contribution in [2.75, 3.05) is 0 Å². The average Bonchev–Trinajstić information content (AvgIpc) is 2.56. The Bertz CT molecular complexity index is 569. The third kappa shape index (κ3) is 4.77. The highest BCUT2D eigenvalue weighted by Gasteiger charge is 2.36. The van der Waals surface area contributed by atoms with Crippen LogP contribution in [-0.2, 0) is 6.42 Å². The first-order chi connectivity index (χ1) is 11.8. The summed E-state index contributed by atoms with van der Waals surface area (Å²) in [5, 5.41) is 22.0. The molecule has 0 bridgehead atoms. The molecule has 0 amide bonds. The lowest BCUT2D eigenvalue weighted by molar-refractivity contribution is 0.191. The molecule has 1 aliphatic rings. The SMILES string of the molecule is CCCCCc1c(I)c(O)c([C@@H]2C[C@@H](C)CC[C@H]2C(C)C)c(O)c1I. The Labute approximate surface area is 180 Å². The molecule has 0 unspecified atom stereocenters. The molecule has 0 aromatic heterocycles. The molecule has 2 rings (SSSR count). The summed E-state index contributed by atoms with van der Waals surface area (Å²) in [6, 6.07) is 0. The fourth-order valence-corrected chi connectivity index (χ4v) is 6.56. The van der Waals surface area contributed by atoms with Crippen LogP contribution in [0.15, 0.2) is 0 Å². The smallest absolute Gasteiger partial charge is 0.136 e. The molecule has 1 fully saturated rings. The van der Waals surface area contributed by atoms with Crippen LogP contribution in [0.5, 0.6) is 11.5 Å². The monoisotopic (exact) mass is 570 g/mol. The molecule has 1 aromatic rings. The van der Waals surface area contributed by atoms with Crippen molar-refractivity contribution in [2.24, 2.45) is 17.8 Å². The van der Waals surface area contributed by atoms with E-state index < -0.39 is 0 Å². The molecular formula is C21H32I2O2. The van der Waals surface area contributed by atoms with Gasteiger partial charge in [0.2, 0.25) is 0 Å². The van der Waals surface area contributed by atoms with E-state index in [1.807, 2.05) is 0 Å². The highest BCUT2D eigenvalue weighted by molar-refractivity contribution is 14.1. The molecular weight excluding hydrogens is 538 g/mol. The number of hydrogen-bond acceptors (Lipinski definition) is 2. The molecule has 3 atom stereocenters. The van der Waals surface area contributed by atoms with Gasteiger partial charge in [0.25, 0.3) is 0 Å². The van der Waals surface area contributed by atoms with Gasteiger partial charge in [0.05, 0.1) is 7.14 Å². The Morgan fingerprint density at radius 3 is 2.16 bits per heavy atom. The number of aromatic hydroxyl groups is 2.